The van der Waals surface area contributed by atoms with Crippen molar-refractivity contribution in [2.24, 2.45) is 0 Å². The van der Waals surface area contributed by atoms with Gasteiger partial charge in [0.25, 0.3) is 0 Å². The molecule has 22 heavy (non-hydrogen) atoms. The highest BCUT2D eigenvalue weighted by molar-refractivity contribution is 5.66. The van der Waals surface area contributed by atoms with Crippen molar-refractivity contribution < 1.29 is 28.5 Å². The highest BCUT2D eigenvalue weighted by atomic mass is 16.7. The Kier molecular flexibility index (Phi) is 6.39. The molecule has 3 atom stereocenters. The zero-order valence-corrected chi connectivity index (χ0v) is 13.2. The molecule has 6 heteroatoms. The summed E-state index contributed by atoms with van der Waals surface area (Å²) in [5.74, 6) is -0.804. The molecule has 0 N–H and O–H groups in total. The Morgan fingerprint density at radius 3 is 2.45 bits per heavy atom. The van der Waals surface area contributed by atoms with E-state index in [9.17, 15) is 9.59 Å². The molecule has 0 saturated heterocycles. The Hall–Kier alpha value is -1.40. The highest BCUT2D eigenvalue weighted by Crippen LogP contribution is 2.25. The van der Waals surface area contributed by atoms with Crippen LogP contribution in [0.5, 0.6) is 0 Å². The summed E-state index contributed by atoms with van der Waals surface area (Å²) in [7, 11) is 0. The van der Waals surface area contributed by atoms with Gasteiger partial charge in [-0.2, -0.15) is 0 Å². The third-order valence-electron chi connectivity index (χ3n) is 3.76. The molecule has 2 rings (SSSR count). The van der Waals surface area contributed by atoms with Crippen LogP contribution in [0.25, 0.3) is 0 Å². The van der Waals surface area contributed by atoms with Crippen molar-refractivity contribution in [3.05, 3.63) is 12.2 Å². The molecule has 0 spiro atoms. The van der Waals surface area contributed by atoms with Gasteiger partial charge in [0, 0.05) is 13.8 Å². The number of ether oxygens (including phenoxy) is 4. The van der Waals surface area contributed by atoms with Gasteiger partial charge in [-0.25, -0.2) is 0 Å². The molecule has 1 aliphatic heterocycles. The smallest absolute Gasteiger partial charge is 0.303 e. The van der Waals surface area contributed by atoms with E-state index in [2.05, 4.69) is 0 Å². The van der Waals surface area contributed by atoms with Crippen molar-refractivity contribution in [1.29, 1.82) is 0 Å². The van der Waals surface area contributed by atoms with Gasteiger partial charge in [0.15, 0.2) is 6.29 Å². The van der Waals surface area contributed by atoms with Gasteiger partial charge in [-0.3, -0.25) is 9.59 Å². The molecule has 6 nitrogen and oxygen atoms in total. The molecule has 1 saturated carbocycles. The van der Waals surface area contributed by atoms with Crippen molar-refractivity contribution in [3.8, 4) is 0 Å². The van der Waals surface area contributed by atoms with Crippen LogP contribution in [0.1, 0.15) is 46.0 Å². The molecule has 1 fully saturated rings. The third kappa shape index (κ3) is 5.42. The minimum absolute atomic E-state index is 0.0299. The number of hydrogen-bond acceptors (Lipinski definition) is 6. The van der Waals surface area contributed by atoms with E-state index in [1.807, 2.05) is 0 Å². The first-order chi connectivity index (χ1) is 10.5. The summed E-state index contributed by atoms with van der Waals surface area (Å²) in [5.41, 5.74) is 0. The monoisotopic (exact) mass is 312 g/mol. The molecule has 1 aliphatic carbocycles. The van der Waals surface area contributed by atoms with Gasteiger partial charge in [-0.05, 0) is 25.0 Å². The van der Waals surface area contributed by atoms with Gasteiger partial charge < -0.3 is 18.9 Å². The van der Waals surface area contributed by atoms with E-state index in [4.69, 9.17) is 18.9 Å². The predicted octanol–water partition coefficient (Wildman–Crippen LogP) is 2.11. The minimum atomic E-state index is -0.567. The Morgan fingerprint density at radius 2 is 1.82 bits per heavy atom. The molecule has 0 aromatic carbocycles. The minimum Gasteiger partial charge on any atom is -0.463 e. The van der Waals surface area contributed by atoms with E-state index < -0.39 is 30.4 Å². The van der Waals surface area contributed by atoms with Gasteiger partial charge in [-0.1, -0.05) is 19.3 Å². The van der Waals surface area contributed by atoms with Gasteiger partial charge in [0.1, 0.15) is 18.8 Å². The lowest BCUT2D eigenvalue weighted by atomic mass is 9.98. The maximum atomic E-state index is 11.1. The summed E-state index contributed by atoms with van der Waals surface area (Å²) in [5, 5.41) is 0. The van der Waals surface area contributed by atoms with E-state index in [1.165, 1.54) is 33.1 Å². The van der Waals surface area contributed by atoms with Crippen molar-refractivity contribution in [1.82, 2.24) is 0 Å². The zero-order valence-electron chi connectivity index (χ0n) is 13.2. The van der Waals surface area contributed by atoms with Gasteiger partial charge >= 0.3 is 11.9 Å². The second kappa shape index (κ2) is 8.29. The maximum absolute atomic E-state index is 11.1. The number of rotatable bonds is 5. The first kappa shape index (κ1) is 17.0. The Labute approximate surface area is 130 Å². The Bertz CT molecular complexity index is 413. The molecule has 1 heterocycles. The molecular formula is C16H24O6. The van der Waals surface area contributed by atoms with E-state index >= 15 is 0 Å². The van der Waals surface area contributed by atoms with Crippen molar-refractivity contribution in [2.75, 3.05) is 6.61 Å². The summed E-state index contributed by atoms with van der Waals surface area (Å²) in [6.07, 6.45) is 7.77. The largest absolute Gasteiger partial charge is 0.463 e. The molecule has 2 aliphatic rings. The Balaban J connectivity index is 1.93. The average Bonchev–Trinajstić information content (AvgIpc) is 2.48. The van der Waals surface area contributed by atoms with Gasteiger partial charge in [-0.15, -0.1) is 0 Å². The number of carbonyl (C=O) groups excluding carboxylic acids is 2. The second-order valence-corrected chi connectivity index (χ2v) is 5.70. The van der Waals surface area contributed by atoms with Crippen LogP contribution in [-0.4, -0.2) is 43.1 Å². The predicted molar refractivity (Wildman–Crippen MR) is 77.9 cm³/mol. The lowest BCUT2D eigenvalue weighted by molar-refractivity contribution is -0.212. The van der Waals surface area contributed by atoms with E-state index in [-0.39, 0.29) is 12.7 Å². The molecule has 0 bridgehead atoms. The highest BCUT2D eigenvalue weighted by Gasteiger charge is 2.32. The molecule has 0 aromatic heterocycles. The summed E-state index contributed by atoms with van der Waals surface area (Å²) < 4.78 is 21.9. The molecule has 0 amide bonds. The molecule has 3 unspecified atom stereocenters. The van der Waals surface area contributed by atoms with Crippen LogP contribution < -0.4 is 0 Å². The van der Waals surface area contributed by atoms with Crippen molar-refractivity contribution >= 4 is 11.9 Å². The lowest BCUT2D eigenvalue weighted by Crippen LogP contribution is -2.43. The summed E-state index contributed by atoms with van der Waals surface area (Å²) in [6, 6.07) is 0. The Morgan fingerprint density at radius 1 is 1.09 bits per heavy atom. The van der Waals surface area contributed by atoms with Gasteiger partial charge in [0.05, 0.1) is 6.10 Å². The van der Waals surface area contributed by atoms with Crippen molar-refractivity contribution in [3.63, 3.8) is 0 Å². The topological polar surface area (TPSA) is 71.1 Å². The number of carbonyl (C=O) groups is 2. The summed E-state index contributed by atoms with van der Waals surface area (Å²) >= 11 is 0. The summed E-state index contributed by atoms with van der Waals surface area (Å²) in [6.45, 7) is 2.69. The van der Waals surface area contributed by atoms with Crippen LogP contribution in [0.3, 0.4) is 0 Å². The fourth-order valence-corrected chi connectivity index (χ4v) is 2.73. The van der Waals surface area contributed by atoms with Crippen LogP contribution >= 0.6 is 0 Å². The first-order valence-corrected chi connectivity index (χ1v) is 7.84. The fourth-order valence-electron chi connectivity index (χ4n) is 2.73. The van der Waals surface area contributed by atoms with E-state index in [1.54, 1.807) is 12.2 Å². The number of hydrogen-bond donors (Lipinski definition) is 0. The molecule has 0 aromatic rings. The lowest BCUT2D eigenvalue weighted by Gasteiger charge is -2.33. The third-order valence-corrected chi connectivity index (χ3v) is 3.76. The van der Waals surface area contributed by atoms with Gasteiger partial charge in [0.2, 0.25) is 0 Å². The normalized spacial score (nSPS) is 29.1. The number of esters is 2. The quantitative estimate of drug-likeness (QED) is 0.572. The summed E-state index contributed by atoms with van der Waals surface area (Å²) in [4.78, 5) is 22.1. The first-order valence-electron chi connectivity index (χ1n) is 7.84. The average molecular weight is 312 g/mol. The second-order valence-electron chi connectivity index (χ2n) is 5.70. The SMILES string of the molecule is CC(=O)OCC1OC(OC2CCCCC2)C=CC1OC(C)=O. The zero-order chi connectivity index (χ0) is 15.9. The van der Waals surface area contributed by atoms with Crippen LogP contribution in [-0.2, 0) is 28.5 Å². The standard InChI is InChI=1S/C16H24O6/c1-11(17)19-10-15-14(20-12(2)18)8-9-16(22-15)21-13-6-4-3-5-7-13/h8-9,13-16H,3-7,10H2,1-2H3. The van der Waals surface area contributed by atoms with E-state index in [0.29, 0.717) is 0 Å². The van der Waals surface area contributed by atoms with Crippen LogP contribution in [0.15, 0.2) is 12.2 Å². The van der Waals surface area contributed by atoms with Crippen LogP contribution in [0.4, 0.5) is 0 Å². The van der Waals surface area contributed by atoms with Crippen molar-refractivity contribution in [2.45, 2.75) is 70.6 Å². The van der Waals surface area contributed by atoms with Crippen LogP contribution in [0, 0.1) is 0 Å². The molecular weight excluding hydrogens is 288 g/mol. The molecule has 124 valence electrons. The maximum Gasteiger partial charge on any atom is 0.303 e. The molecule has 0 radical (unpaired) electrons. The van der Waals surface area contributed by atoms with E-state index in [0.717, 1.165) is 12.8 Å². The fraction of sp³-hybridized carbons (Fsp3) is 0.750. The van der Waals surface area contributed by atoms with Crippen LogP contribution in [0.2, 0.25) is 0 Å².